The molecule has 0 bridgehead atoms. The second kappa shape index (κ2) is 7.50. The minimum absolute atomic E-state index is 0.387. The van der Waals surface area contributed by atoms with Crippen LogP contribution in [-0.2, 0) is 16.1 Å². The van der Waals surface area contributed by atoms with Gasteiger partial charge in [0.25, 0.3) is 0 Å². The molecule has 21 heavy (non-hydrogen) atoms. The summed E-state index contributed by atoms with van der Waals surface area (Å²) in [5, 5.41) is 0.702. The molecule has 0 amide bonds. The SMILES string of the molecule is COC(=O)/C=C/c1cccc(OCc2ccc(Cl)cc2)c1. The monoisotopic (exact) mass is 302 g/mol. The molecule has 0 atom stereocenters. The minimum atomic E-state index is -0.387. The molecule has 2 rings (SSSR count). The molecule has 0 saturated heterocycles. The van der Waals surface area contributed by atoms with E-state index in [1.165, 1.54) is 13.2 Å². The van der Waals surface area contributed by atoms with Crippen molar-refractivity contribution >= 4 is 23.6 Å². The molecule has 0 fully saturated rings. The Morgan fingerprint density at radius 3 is 2.67 bits per heavy atom. The van der Waals surface area contributed by atoms with Crippen molar-refractivity contribution in [1.82, 2.24) is 0 Å². The maximum atomic E-state index is 11.1. The molecule has 0 N–H and O–H groups in total. The Bertz CT molecular complexity index is 633. The average molecular weight is 303 g/mol. The van der Waals surface area contributed by atoms with Gasteiger partial charge in [0.05, 0.1) is 7.11 Å². The van der Waals surface area contributed by atoms with Crippen molar-refractivity contribution in [3.63, 3.8) is 0 Å². The Kier molecular flexibility index (Phi) is 5.41. The van der Waals surface area contributed by atoms with Crippen molar-refractivity contribution < 1.29 is 14.3 Å². The lowest BCUT2D eigenvalue weighted by Crippen LogP contribution is -1.95. The quantitative estimate of drug-likeness (QED) is 0.616. The van der Waals surface area contributed by atoms with Gasteiger partial charge in [-0.05, 0) is 41.5 Å². The van der Waals surface area contributed by atoms with Crippen molar-refractivity contribution in [3.05, 3.63) is 70.8 Å². The Morgan fingerprint density at radius 1 is 1.19 bits per heavy atom. The first kappa shape index (κ1) is 15.1. The van der Waals surface area contributed by atoms with Crippen LogP contribution < -0.4 is 4.74 Å². The van der Waals surface area contributed by atoms with Crippen molar-refractivity contribution in [2.75, 3.05) is 7.11 Å². The molecule has 0 spiro atoms. The summed E-state index contributed by atoms with van der Waals surface area (Å²) in [6, 6.07) is 15.0. The van der Waals surface area contributed by atoms with Crippen molar-refractivity contribution in [1.29, 1.82) is 0 Å². The van der Waals surface area contributed by atoms with Gasteiger partial charge in [-0.25, -0.2) is 4.79 Å². The van der Waals surface area contributed by atoms with Crippen LogP contribution in [0.3, 0.4) is 0 Å². The lowest BCUT2D eigenvalue weighted by atomic mass is 10.2. The molecule has 4 heteroatoms. The molecular formula is C17H15ClO3. The summed E-state index contributed by atoms with van der Waals surface area (Å²) in [6.45, 7) is 0.460. The van der Waals surface area contributed by atoms with E-state index in [1.54, 1.807) is 6.08 Å². The molecule has 108 valence electrons. The van der Waals surface area contributed by atoms with Gasteiger partial charge in [0.15, 0.2) is 0 Å². The van der Waals surface area contributed by atoms with E-state index in [1.807, 2.05) is 48.5 Å². The van der Waals surface area contributed by atoms with Crippen LogP contribution in [0, 0.1) is 0 Å². The molecule has 0 heterocycles. The zero-order valence-electron chi connectivity index (χ0n) is 11.6. The molecule has 0 saturated carbocycles. The summed E-state index contributed by atoms with van der Waals surface area (Å²) >= 11 is 5.84. The molecule has 3 nitrogen and oxygen atoms in total. The highest BCUT2D eigenvalue weighted by Gasteiger charge is 1.98. The molecule has 0 radical (unpaired) electrons. The number of halogens is 1. The predicted molar refractivity (Wildman–Crippen MR) is 83.3 cm³/mol. The Balaban J connectivity index is 1.99. The first-order chi connectivity index (χ1) is 10.2. The van der Waals surface area contributed by atoms with E-state index in [2.05, 4.69) is 4.74 Å². The van der Waals surface area contributed by atoms with Gasteiger partial charge in [-0.3, -0.25) is 0 Å². The predicted octanol–water partition coefficient (Wildman–Crippen LogP) is 4.11. The van der Waals surface area contributed by atoms with Crippen molar-refractivity contribution in [2.45, 2.75) is 6.61 Å². The Morgan fingerprint density at radius 2 is 1.95 bits per heavy atom. The first-order valence-corrected chi connectivity index (χ1v) is 6.78. The smallest absolute Gasteiger partial charge is 0.330 e. The summed E-state index contributed by atoms with van der Waals surface area (Å²) in [5.41, 5.74) is 1.91. The fourth-order valence-corrected chi connectivity index (χ4v) is 1.81. The number of esters is 1. The fourth-order valence-electron chi connectivity index (χ4n) is 1.69. The number of hydrogen-bond donors (Lipinski definition) is 0. The van der Waals surface area contributed by atoms with E-state index in [0.717, 1.165) is 16.9 Å². The Labute approximate surface area is 128 Å². The number of ether oxygens (including phenoxy) is 2. The summed E-state index contributed by atoms with van der Waals surface area (Å²) in [7, 11) is 1.35. The lowest BCUT2D eigenvalue weighted by molar-refractivity contribution is -0.134. The van der Waals surface area contributed by atoms with Crippen LogP contribution in [0.2, 0.25) is 5.02 Å². The first-order valence-electron chi connectivity index (χ1n) is 6.41. The van der Waals surface area contributed by atoms with Crippen molar-refractivity contribution in [3.8, 4) is 5.75 Å². The summed E-state index contributed by atoms with van der Waals surface area (Å²) in [4.78, 5) is 11.1. The number of carbonyl (C=O) groups excluding carboxylic acids is 1. The number of benzene rings is 2. The average Bonchev–Trinajstić information content (AvgIpc) is 2.52. The largest absolute Gasteiger partial charge is 0.489 e. The van der Waals surface area contributed by atoms with Crippen LogP contribution in [-0.4, -0.2) is 13.1 Å². The minimum Gasteiger partial charge on any atom is -0.489 e. The molecular weight excluding hydrogens is 288 g/mol. The zero-order chi connectivity index (χ0) is 15.1. The summed E-state index contributed by atoms with van der Waals surface area (Å²) < 4.78 is 10.3. The van der Waals surface area contributed by atoms with Gasteiger partial charge in [-0.15, -0.1) is 0 Å². The highest BCUT2D eigenvalue weighted by atomic mass is 35.5. The maximum Gasteiger partial charge on any atom is 0.330 e. The van der Waals surface area contributed by atoms with Crippen LogP contribution in [0.25, 0.3) is 6.08 Å². The van der Waals surface area contributed by atoms with Gasteiger partial charge in [0.2, 0.25) is 0 Å². The van der Waals surface area contributed by atoms with E-state index in [0.29, 0.717) is 11.6 Å². The molecule has 2 aromatic carbocycles. The normalized spacial score (nSPS) is 10.6. The third-order valence-electron chi connectivity index (χ3n) is 2.79. The van der Waals surface area contributed by atoms with Crippen LogP contribution in [0.1, 0.15) is 11.1 Å². The van der Waals surface area contributed by atoms with Crippen LogP contribution in [0.5, 0.6) is 5.75 Å². The number of hydrogen-bond acceptors (Lipinski definition) is 3. The standard InChI is InChI=1S/C17H15ClO3/c1-20-17(19)10-7-13-3-2-4-16(11-13)21-12-14-5-8-15(18)9-6-14/h2-11H,12H2,1H3/b10-7+. The summed E-state index contributed by atoms with van der Waals surface area (Å²) in [6.07, 6.45) is 3.05. The number of carbonyl (C=O) groups is 1. The molecule has 0 aliphatic carbocycles. The van der Waals surface area contributed by atoms with Gasteiger partial charge in [0.1, 0.15) is 12.4 Å². The number of rotatable bonds is 5. The molecule has 0 aliphatic rings. The van der Waals surface area contributed by atoms with Gasteiger partial charge in [-0.1, -0.05) is 35.9 Å². The topological polar surface area (TPSA) is 35.5 Å². The van der Waals surface area contributed by atoms with Gasteiger partial charge < -0.3 is 9.47 Å². The van der Waals surface area contributed by atoms with E-state index < -0.39 is 0 Å². The third kappa shape index (κ3) is 4.97. The van der Waals surface area contributed by atoms with Crippen molar-refractivity contribution in [2.24, 2.45) is 0 Å². The summed E-state index contributed by atoms with van der Waals surface area (Å²) in [5.74, 6) is 0.347. The van der Waals surface area contributed by atoms with E-state index in [-0.39, 0.29) is 5.97 Å². The Hall–Kier alpha value is -2.26. The zero-order valence-corrected chi connectivity index (χ0v) is 12.3. The van der Waals surface area contributed by atoms with E-state index in [4.69, 9.17) is 16.3 Å². The second-order valence-corrected chi connectivity index (χ2v) is 4.78. The number of methoxy groups -OCH3 is 1. The van der Waals surface area contributed by atoms with Gasteiger partial charge >= 0.3 is 5.97 Å². The van der Waals surface area contributed by atoms with Crippen LogP contribution >= 0.6 is 11.6 Å². The van der Waals surface area contributed by atoms with Gasteiger partial charge in [-0.2, -0.15) is 0 Å². The van der Waals surface area contributed by atoms with Gasteiger partial charge in [0, 0.05) is 11.1 Å². The third-order valence-corrected chi connectivity index (χ3v) is 3.04. The highest BCUT2D eigenvalue weighted by molar-refractivity contribution is 6.30. The fraction of sp³-hybridized carbons (Fsp3) is 0.118. The van der Waals surface area contributed by atoms with Crippen LogP contribution in [0.15, 0.2) is 54.6 Å². The molecule has 0 aliphatic heterocycles. The van der Waals surface area contributed by atoms with E-state index in [9.17, 15) is 4.79 Å². The van der Waals surface area contributed by atoms with Crippen LogP contribution in [0.4, 0.5) is 0 Å². The lowest BCUT2D eigenvalue weighted by Gasteiger charge is -2.07. The highest BCUT2D eigenvalue weighted by Crippen LogP contribution is 2.17. The maximum absolute atomic E-state index is 11.1. The van der Waals surface area contributed by atoms with E-state index >= 15 is 0 Å². The second-order valence-electron chi connectivity index (χ2n) is 4.34. The molecule has 0 aromatic heterocycles. The molecule has 0 unspecified atom stereocenters. The molecule has 2 aromatic rings.